The number of methoxy groups -OCH3 is 1. The molecular weight excluding hydrogens is 422 g/mol. The largest absolute Gasteiger partial charge is 0.496 e. The number of nitrogens with one attached hydrogen (secondary N) is 2. The van der Waals surface area contributed by atoms with Gasteiger partial charge in [0.1, 0.15) is 11.6 Å². The molecule has 0 spiro atoms. The van der Waals surface area contributed by atoms with Crippen molar-refractivity contribution in [2.24, 2.45) is 0 Å². The fraction of sp³-hybridized carbons (Fsp3) is 0.357. The zero-order chi connectivity index (χ0) is 23.5. The maximum Gasteiger partial charge on any atom is 0.225 e. The van der Waals surface area contributed by atoms with Crippen LogP contribution in [-0.2, 0) is 6.54 Å². The minimum atomic E-state index is 0.393. The molecule has 0 radical (unpaired) electrons. The van der Waals surface area contributed by atoms with E-state index in [1.165, 1.54) is 16.3 Å². The number of ether oxygens (including phenoxy) is 1. The fourth-order valence-electron chi connectivity index (χ4n) is 5.01. The summed E-state index contributed by atoms with van der Waals surface area (Å²) in [6, 6.07) is 21.8. The van der Waals surface area contributed by atoms with Crippen molar-refractivity contribution < 1.29 is 4.74 Å². The van der Waals surface area contributed by atoms with E-state index in [1.807, 2.05) is 26.2 Å². The summed E-state index contributed by atoms with van der Waals surface area (Å²) in [5, 5.41) is 10.8. The summed E-state index contributed by atoms with van der Waals surface area (Å²) in [5.41, 5.74) is 2.19. The van der Waals surface area contributed by atoms with Crippen LogP contribution in [0.15, 0.2) is 60.7 Å². The Bertz CT molecular complexity index is 1280. The molecule has 1 aliphatic carbocycles. The molecule has 0 amide bonds. The Hall–Kier alpha value is -3.38. The first-order valence-electron chi connectivity index (χ1n) is 12.1. The van der Waals surface area contributed by atoms with Gasteiger partial charge in [-0.25, -0.2) is 4.98 Å². The number of fused-ring (bicyclic) bond motifs is 2. The molecule has 1 fully saturated rings. The van der Waals surface area contributed by atoms with E-state index in [2.05, 4.69) is 64.1 Å². The van der Waals surface area contributed by atoms with Crippen LogP contribution in [0.3, 0.4) is 0 Å². The van der Waals surface area contributed by atoms with E-state index in [1.54, 1.807) is 7.11 Å². The van der Waals surface area contributed by atoms with Gasteiger partial charge in [0.15, 0.2) is 0 Å². The highest BCUT2D eigenvalue weighted by Gasteiger charge is 2.22. The van der Waals surface area contributed by atoms with E-state index < -0.39 is 0 Å². The molecule has 5 rings (SSSR count). The Balaban J connectivity index is 1.20. The minimum absolute atomic E-state index is 0.393. The predicted molar refractivity (Wildman–Crippen MR) is 141 cm³/mol. The average molecular weight is 456 g/mol. The maximum absolute atomic E-state index is 5.77. The van der Waals surface area contributed by atoms with Gasteiger partial charge in [0.2, 0.25) is 5.95 Å². The first-order chi connectivity index (χ1) is 16.6. The quantitative estimate of drug-likeness (QED) is 0.391. The summed E-state index contributed by atoms with van der Waals surface area (Å²) < 4.78 is 5.77. The van der Waals surface area contributed by atoms with E-state index in [-0.39, 0.29) is 0 Å². The number of nitrogens with zero attached hydrogens (tertiary/aromatic N) is 3. The first-order valence-corrected chi connectivity index (χ1v) is 12.1. The number of hydrogen-bond donors (Lipinski definition) is 2. The van der Waals surface area contributed by atoms with Gasteiger partial charge < -0.3 is 20.3 Å². The zero-order valence-electron chi connectivity index (χ0n) is 20.2. The third-order valence-corrected chi connectivity index (χ3v) is 6.81. The Morgan fingerprint density at radius 2 is 1.56 bits per heavy atom. The lowest BCUT2D eigenvalue weighted by Crippen LogP contribution is -2.37. The van der Waals surface area contributed by atoms with Gasteiger partial charge in [-0.3, -0.25) is 0 Å². The lowest BCUT2D eigenvalue weighted by Gasteiger charge is -2.30. The Labute approximate surface area is 201 Å². The van der Waals surface area contributed by atoms with Crippen molar-refractivity contribution in [3.8, 4) is 5.75 Å². The van der Waals surface area contributed by atoms with Gasteiger partial charge in [0, 0.05) is 49.1 Å². The van der Waals surface area contributed by atoms with Crippen LogP contribution in [0.1, 0.15) is 31.2 Å². The number of aromatic nitrogens is 2. The van der Waals surface area contributed by atoms with E-state index >= 15 is 0 Å². The van der Waals surface area contributed by atoms with Gasteiger partial charge in [-0.15, -0.1) is 0 Å². The van der Waals surface area contributed by atoms with Crippen molar-refractivity contribution in [2.45, 2.75) is 44.3 Å². The van der Waals surface area contributed by atoms with Crippen LogP contribution in [0.5, 0.6) is 5.75 Å². The molecule has 6 heteroatoms. The number of hydrogen-bond acceptors (Lipinski definition) is 6. The van der Waals surface area contributed by atoms with Crippen LogP contribution >= 0.6 is 0 Å². The van der Waals surface area contributed by atoms with E-state index in [0.717, 1.165) is 60.6 Å². The van der Waals surface area contributed by atoms with Crippen molar-refractivity contribution in [1.29, 1.82) is 0 Å². The molecule has 0 unspecified atom stereocenters. The summed E-state index contributed by atoms with van der Waals surface area (Å²) >= 11 is 0. The second kappa shape index (κ2) is 9.85. The van der Waals surface area contributed by atoms with Crippen molar-refractivity contribution in [3.05, 3.63) is 66.2 Å². The maximum atomic E-state index is 5.77. The summed E-state index contributed by atoms with van der Waals surface area (Å²) in [7, 11) is 5.82. The predicted octanol–water partition coefficient (Wildman–Crippen LogP) is 5.37. The highest BCUT2D eigenvalue weighted by atomic mass is 16.5. The molecular formula is C28H33N5O. The number of anilines is 2. The van der Waals surface area contributed by atoms with Gasteiger partial charge in [-0.2, -0.15) is 4.98 Å². The molecule has 1 heterocycles. The van der Waals surface area contributed by atoms with E-state index in [0.29, 0.717) is 12.1 Å². The van der Waals surface area contributed by atoms with E-state index in [9.17, 15) is 0 Å². The molecule has 1 aliphatic rings. The highest BCUT2D eigenvalue weighted by Crippen LogP contribution is 2.30. The van der Waals surface area contributed by atoms with Crippen molar-refractivity contribution >= 4 is 33.4 Å². The molecule has 0 saturated heterocycles. The third kappa shape index (κ3) is 4.64. The molecule has 176 valence electrons. The van der Waals surface area contributed by atoms with Gasteiger partial charge in [-0.1, -0.05) is 48.5 Å². The standard InChI is InChI=1S/C28H33N5O/c1-33(2)27-24-10-6-7-11-25(24)31-28(32-27)30-22-16-14-21(15-17-22)29-18-20-13-12-19-8-4-5-9-23(19)26(20)34-3/h4-13,21-22,29H,14-18H2,1-3H3,(H,30,31,32). The first kappa shape index (κ1) is 22.4. The van der Waals surface area contributed by atoms with Gasteiger partial charge in [0.25, 0.3) is 0 Å². The minimum Gasteiger partial charge on any atom is -0.496 e. The number of benzene rings is 3. The van der Waals surface area contributed by atoms with Crippen LogP contribution < -0.4 is 20.3 Å². The van der Waals surface area contributed by atoms with Crippen LogP contribution in [0.4, 0.5) is 11.8 Å². The number of rotatable bonds is 7. The molecule has 1 aromatic heterocycles. The van der Waals surface area contributed by atoms with Gasteiger partial charge in [-0.05, 0) is 43.2 Å². The lowest BCUT2D eigenvalue weighted by molar-refractivity contribution is 0.348. The molecule has 1 saturated carbocycles. The average Bonchev–Trinajstić information content (AvgIpc) is 2.87. The highest BCUT2D eigenvalue weighted by molar-refractivity contribution is 5.90. The normalized spacial score (nSPS) is 18.2. The van der Waals surface area contributed by atoms with Crippen molar-refractivity contribution in [2.75, 3.05) is 31.4 Å². The molecule has 34 heavy (non-hydrogen) atoms. The van der Waals surface area contributed by atoms with Crippen molar-refractivity contribution in [3.63, 3.8) is 0 Å². The Morgan fingerprint density at radius 1 is 0.853 bits per heavy atom. The summed E-state index contributed by atoms with van der Waals surface area (Å²) in [6.07, 6.45) is 4.45. The smallest absolute Gasteiger partial charge is 0.225 e. The van der Waals surface area contributed by atoms with Crippen LogP contribution in [0.25, 0.3) is 21.7 Å². The summed E-state index contributed by atoms with van der Waals surface area (Å²) in [5.74, 6) is 2.65. The zero-order valence-corrected chi connectivity index (χ0v) is 20.2. The molecule has 4 aromatic rings. The fourth-order valence-corrected chi connectivity index (χ4v) is 5.01. The summed E-state index contributed by atoms with van der Waals surface area (Å²) in [6.45, 7) is 0.816. The Morgan fingerprint density at radius 3 is 2.32 bits per heavy atom. The topological polar surface area (TPSA) is 62.3 Å². The van der Waals surface area contributed by atoms with Crippen molar-refractivity contribution in [1.82, 2.24) is 15.3 Å². The summed E-state index contributed by atoms with van der Waals surface area (Å²) in [4.78, 5) is 11.6. The molecule has 2 N–H and O–H groups in total. The Kier molecular flexibility index (Phi) is 6.50. The second-order valence-electron chi connectivity index (χ2n) is 9.34. The SMILES string of the molecule is COc1c(CNC2CCC(Nc3nc(N(C)C)c4ccccc4n3)CC2)ccc2ccccc12. The molecule has 0 bridgehead atoms. The second-order valence-corrected chi connectivity index (χ2v) is 9.34. The van der Waals surface area contributed by atoms with E-state index in [4.69, 9.17) is 14.7 Å². The van der Waals surface area contributed by atoms with Gasteiger partial charge >= 0.3 is 0 Å². The third-order valence-electron chi connectivity index (χ3n) is 6.81. The van der Waals surface area contributed by atoms with Gasteiger partial charge in [0.05, 0.1) is 12.6 Å². The monoisotopic (exact) mass is 455 g/mol. The van der Waals surface area contributed by atoms with Crippen LogP contribution in [0.2, 0.25) is 0 Å². The molecule has 3 aromatic carbocycles. The van der Waals surface area contributed by atoms with Crippen LogP contribution in [0, 0.1) is 0 Å². The van der Waals surface area contributed by atoms with Crippen LogP contribution in [-0.4, -0.2) is 43.3 Å². The molecule has 6 nitrogen and oxygen atoms in total. The number of para-hydroxylation sites is 1. The lowest BCUT2D eigenvalue weighted by atomic mass is 9.91. The molecule has 0 atom stereocenters. The molecule has 0 aliphatic heterocycles.